The van der Waals surface area contributed by atoms with Crippen molar-refractivity contribution in [2.24, 2.45) is 0 Å². The van der Waals surface area contributed by atoms with E-state index in [4.69, 9.17) is 0 Å². The fraction of sp³-hybridized carbons (Fsp3) is 0.824. The Morgan fingerprint density at radius 3 is 2.62 bits per heavy atom. The minimum Gasteiger partial charge on any atom is -0.334 e. The monoisotopic (exact) mass is 334 g/mol. The highest BCUT2D eigenvalue weighted by atomic mass is 16.2. The fourth-order valence-corrected chi connectivity index (χ4v) is 4.98. The second-order valence-corrected chi connectivity index (χ2v) is 7.69. The van der Waals surface area contributed by atoms with Gasteiger partial charge in [-0.1, -0.05) is 12.8 Å². The highest BCUT2D eigenvalue weighted by Gasteiger charge is 2.55. The third kappa shape index (κ3) is 2.24. The van der Waals surface area contributed by atoms with Crippen LogP contribution in [-0.4, -0.2) is 64.4 Å². The summed E-state index contributed by atoms with van der Waals surface area (Å²) in [4.78, 5) is 41.6. The average molecular weight is 334 g/mol. The Hall–Kier alpha value is -1.63. The molecule has 0 radical (unpaired) electrons. The minimum absolute atomic E-state index is 0.0789. The highest BCUT2D eigenvalue weighted by molar-refractivity contribution is 6.10. The van der Waals surface area contributed by atoms with Crippen LogP contribution in [0.5, 0.6) is 0 Å². The average Bonchev–Trinajstić information content (AvgIpc) is 3.17. The first kappa shape index (κ1) is 15.9. The van der Waals surface area contributed by atoms with Crippen molar-refractivity contribution in [2.75, 3.05) is 13.1 Å². The van der Waals surface area contributed by atoms with Gasteiger partial charge in [-0.25, -0.2) is 9.69 Å². The molecule has 3 heterocycles. The largest absolute Gasteiger partial charge is 0.334 e. The van der Waals surface area contributed by atoms with Crippen LogP contribution in [0.4, 0.5) is 4.79 Å². The number of nitrogens with one attached hydrogen (secondary N) is 2. The zero-order chi connectivity index (χ0) is 16.9. The molecule has 4 rings (SSSR count). The van der Waals surface area contributed by atoms with Gasteiger partial charge in [0.2, 0.25) is 5.91 Å². The van der Waals surface area contributed by atoms with E-state index in [2.05, 4.69) is 10.6 Å². The fourth-order valence-electron chi connectivity index (χ4n) is 4.98. The van der Waals surface area contributed by atoms with Crippen LogP contribution in [0.25, 0.3) is 0 Å². The molecule has 0 aromatic carbocycles. The van der Waals surface area contributed by atoms with Crippen LogP contribution in [0.2, 0.25) is 0 Å². The highest BCUT2D eigenvalue weighted by Crippen LogP contribution is 2.36. The molecule has 2 N–H and O–H groups in total. The van der Waals surface area contributed by atoms with Crippen molar-refractivity contribution in [3.8, 4) is 0 Å². The van der Waals surface area contributed by atoms with E-state index in [0.29, 0.717) is 12.8 Å². The van der Waals surface area contributed by atoms with Crippen LogP contribution < -0.4 is 10.6 Å². The van der Waals surface area contributed by atoms with Gasteiger partial charge in [0.05, 0.1) is 0 Å². The summed E-state index contributed by atoms with van der Waals surface area (Å²) in [5.41, 5.74) is -0.745. The molecule has 1 spiro atoms. The van der Waals surface area contributed by atoms with E-state index < -0.39 is 17.6 Å². The summed E-state index contributed by atoms with van der Waals surface area (Å²) in [5, 5.41) is 6.25. The van der Waals surface area contributed by atoms with Gasteiger partial charge in [-0.05, 0) is 45.6 Å². The van der Waals surface area contributed by atoms with E-state index in [1.165, 1.54) is 4.90 Å². The van der Waals surface area contributed by atoms with Gasteiger partial charge < -0.3 is 15.5 Å². The third-order valence-electron chi connectivity index (χ3n) is 6.30. The van der Waals surface area contributed by atoms with Crippen LogP contribution in [0.15, 0.2) is 0 Å². The summed E-state index contributed by atoms with van der Waals surface area (Å²) < 4.78 is 0. The van der Waals surface area contributed by atoms with Gasteiger partial charge in [-0.3, -0.25) is 9.59 Å². The normalized spacial score (nSPS) is 33.0. The minimum atomic E-state index is -0.745. The number of nitrogens with zero attached hydrogens (tertiary/aromatic N) is 2. The number of amides is 4. The van der Waals surface area contributed by atoms with E-state index in [1.807, 2.05) is 4.90 Å². The molecule has 132 valence electrons. The van der Waals surface area contributed by atoms with Gasteiger partial charge in [0.15, 0.2) is 0 Å². The number of urea groups is 1. The number of imide groups is 1. The van der Waals surface area contributed by atoms with Crippen molar-refractivity contribution in [1.29, 1.82) is 0 Å². The molecule has 3 atom stereocenters. The Morgan fingerprint density at radius 2 is 1.88 bits per heavy atom. The first-order chi connectivity index (χ1) is 11.5. The van der Waals surface area contributed by atoms with Gasteiger partial charge in [0, 0.05) is 18.6 Å². The summed E-state index contributed by atoms with van der Waals surface area (Å²) >= 11 is 0. The molecule has 1 aliphatic carbocycles. The Morgan fingerprint density at radius 1 is 1.17 bits per heavy atom. The molecule has 0 aromatic rings. The molecule has 3 unspecified atom stereocenters. The maximum absolute atomic E-state index is 13.1. The van der Waals surface area contributed by atoms with E-state index in [-0.39, 0.29) is 23.9 Å². The molecule has 4 fully saturated rings. The lowest BCUT2D eigenvalue weighted by Gasteiger charge is -2.33. The van der Waals surface area contributed by atoms with Gasteiger partial charge in [-0.2, -0.15) is 0 Å². The van der Waals surface area contributed by atoms with E-state index in [0.717, 1.165) is 45.2 Å². The first-order valence-corrected chi connectivity index (χ1v) is 9.22. The number of fused-ring (bicyclic) bond motifs is 2. The zero-order valence-electron chi connectivity index (χ0n) is 14.2. The van der Waals surface area contributed by atoms with Crippen molar-refractivity contribution in [2.45, 2.75) is 75.5 Å². The Labute approximate surface area is 142 Å². The molecular weight excluding hydrogens is 308 g/mol. The molecular formula is C17H26N4O3. The maximum atomic E-state index is 13.1. The molecule has 1 saturated carbocycles. The molecule has 3 aliphatic heterocycles. The lowest BCUT2D eigenvalue weighted by molar-refractivity contribution is -0.144. The number of hydrogen-bond donors (Lipinski definition) is 2. The summed E-state index contributed by atoms with van der Waals surface area (Å²) in [6, 6.07) is -0.698. The van der Waals surface area contributed by atoms with E-state index in [1.54, 1.807) is 6.92 Å². The Kier molecular flexibility index (Phi) is 3.78. The van der Waals surface area contributed by atoms with Crippen LogP contribution in [0, 0.1) is 0 Å². The summed E-state index contributed by atoms with van der Waals surface area (Å²) in [7, 11) is 0. The second-order valence-electron chi connectivity index (χ2n) is 7.69. The molecule has 7 nitrogen and oxygen atoms in total. The van der Waals surface area contributed by atoms with Crippen molar-refractivity contribution < 1.29 is 14.4 Å². The molecule has 4 amide bonds. The smallest absolute Gasteiger partial charge is 0.325 e. The van der Waals surface area contributed by atoms with Gasteiger partial charge in [0.1, 0.15) is 11.6 Å². The van der Waals surface area contributed by atoms with E-state index in [9.17, 15) is 14.4 Å². The lowest BCUT2D eigenvalue weighted by atomic mass is 9.97. The number of rotatable bonds is 2. The van der Waals surface area contributed by atoms with Crippen LogP contribution in [-0.2, 0) is 9.59 Å². The topological polar surface area (TPSA) is 81.8 Å². The number of hydrogen-bond acceptors (Lipinski definition) is 4. The standard InChI is InChI=1S/C17H26N4O3/c1-11(14(22)21-12-4-5-13(21)10-18-9-6-12)20-15(23)17(19-16(20)24)7-2-3-8-17/h11-13,18H,2-10H2,1H3,(H,19,24). The number of carbonyl (C=O) groups is 3. The Balaban J connectivity index is 1.55. The lowest BCUT2D eigenvalue weighted by Crippen LogP contribution is -2.54. The van der Waals surface area contributed by atoms with Crippen molar-refractivity contribution in [3.63, 3.8) is 0 Å². The molecule has 4 aliphatic rings. The first-order valence-electron chi connectivity index (χ1n) is 9.22. The maximum Gasteiger partial charge on any atom is 0.325 e. The predicted molar refractivity (Wildman–Crippen MR) is 87.2 cm³/mol. The van der Waals surface area contributed by atoms with Crippen molar-refractivity contribution in [1.82, 2.24) is 20.4 Å². The van der Waals surface area contributed by atoms with Crippen LogP contribution >= 0.6 is 0 Å². The van der Waals surface area contributed by atoms with Crippen LogP contribution in [0.1, 0.15) is 51.9 Å². The zero-order valence-corrected chi connectivity index (χ0v) is 14.2. The SMILES string of the molecule is CC(C(=O)N1C2CCNCC1CC2)N1C(=O)NC2(CCCC2)C1=O. The van der Waals surface area contributed by atoms with Crippen molar-refractivity contribution in [3.05, 3.63) is 0 Å². The number of carbonyl (C=O) groups excluding carboxylic acids is 3. The predicted octanol–water partition coefficient (Wildman–Crippen LogP) is 0.592. The summed E-state index contributed by atoms with van der Waals surface area (Å²) in [5.74, 6) is -0.282. The van der Waals surface area contributed by atoms with Gasteiger partial charge >= 0.3 is 6.03 Å². The van der Waals surface area contributed by atoms with Gasteiger partial charge in [0.25, 0.3) is 5.91 Å². The summed E-state index contributed by atoms with van der Waals surface area (Å²) in [6.45, 7) is 3.43. The quantitative estimate of drug-likeness (QED) is 0.724. The van der Waals surface area contributed by atoms with Crippen LogP contribution in [0.3, 0.4) is 0 Å². The van der Waals surface area contributed by atoms with Gasteiger partial charge in [-0.15, -0.1) is 0 Å². The molecule has 24 heavy (non-hydrogen) atoms. The molecule has 0 aromatic heterocycles. The third-order valence-corrected chi connectivity index (χ3v) is 6.30. The second kappa shape index (κ2) is 5.72. The molecule has 3 saturated heterocycles. The summed E-state index contributed by atoms with van der Waals surface area (Å²) in [6.07, 6.45) is 6.24. The molecule has 7 heteroatoms. The van der Waals surface area contributed by atoms with Crippen molar-refractivity contribution >= 4 is 17.8 Å². The Bertz CT molecular complexity index is 558. The molecule has 2 bridgehead atoms. The van der Waals surface area contributed by atoms with E-state index >= 15 is 0 Å².